The topological polar surface area (TPSA) is 71.3 Å². The van der Waals surface area contributed by atoms with Crippen molar-refractivity contribution in [3.63, 3.8) is 0 Å². The summed E-state index contributed by atoms with van der Waals surface area (Å²) < 4.78 is 1.51. The Kier molecular flexibility index (Phi) is 4.81. The van der Waals surface area contributed by atoms with E-state index in [1.165, 1.54) is 15.8 Å². The summed E-state index contributed by atoms with van der Waals surface area (Å²) in [6.45, 7) is 6.98. The summed E-state index contributed by atoms with van der Waals surface area (Å²) in [5.74, 6) is -0.303. The monoisotopic (exact) mass is 377 g/mol. The highest BCUT2D eigenvalue weighted by Crippen LogP contribution is 2.21. The molecule has 0 spiro atoms. The number of aryl methyl sites for hydroxylation is 2. The molecule has 0 N–H and O–H groups in total. The van der Waals surface area contributed by atoms with Gasteiger partial charge in [-0.15, -0.1) is 0 Å². The molecule has 3 aromatic rings. The average molecular weight is 377 g/mol. The van der Waals surface area contributed by atoms with Gasteiger partial charge in [-0.3, -0.25) is 14.2 Å². The van der Waals surface area contributed by atoms with E-state index in [-0.39, 0.29) is 17.2 Å². The lowest BCUT2D eigenvalue weighted by atomic mass is 10.1. The van der Waals surface area contributed by atoms with Crippen molar-refractivity contribution in [3.05, 3.63) is 64.2 Å². The van der Waals surface area contributed by atoms with Gasteiger partial charge in [0.05, 0.1) is 0 Å². The number of carbonyl (C=O) groups excluding carboxylic acids is 1. The Morgan fingerprint density at radius 2 is 1.82 bits per heavy atom. The van der Waals surface area contributed by atoms with Crippen molar-refractivity contribution < 1.29 is 4.79 Å². The molecule has 1 aliphatic rings. The Labute approximate surface area is 163 Å². The van der Waals surface area contributed by atoms with Crippen molar-refractivity contribution in [2.24, 2.45) is 0 Å². The molecule has 1 fully saturated rings. The molecule has 7 nitrogen and oxygen atoms in total. The predicted molar refractivity (Wildman–Crippen MR) is 109 cm³/mol. The van der Waals surface area contributed by atoms with Crippen molar-refractivity contribution in [1.29, 1.82) is 0 Å². The van der Waals surface area contributed by atoms with E-state index in [2.05, 4.69) is 33.9 Å². The molecule has 0 atom stereocenters. The molecule has 1 amide bonds. The number of benzene rings is 1. The summed E-state index contributed by atoms with van der Waals surface area (Å²) in [5, 5.41) is 0. The van der Waals surface area contributed by atoms with Crippen LogP contribution in [-0.2, 0) is 6.54 Å². The number of aromatic nitrogens is 3. The largest absolute Gasteiger partial charge is 0.368 e. The van der Waals surface area contributed by atoms with Gasteiger partial charge in [-0.1, -0.05) is 18.2 Å². The number of fused-ring (bicyclic) bond motifs is 1. The quantitative estimate of drug-likeness (QED) is 0.699. The zero-order chi connectivity index (χ0) is 19.7. The average Bonchev–Trinajstić information content (AvgIpc) is 2.73. The lowest BCUT2D eigenvalue weighted by Crippen LogP contribution is -2.50. The molecule has 0 radical (unpaired) electrons. The van der Waals surface area contributed by atoms with Crippen LogP contribution in [-0.4, -0.2) is 51.5 Å². The first-order valence-corrected chi connectivity index (χ1v) is 9.55. The molecule has 3 heterocycles. The van der Waals surface area contributed by atoms with E-state index in [1.54, 1.807) is 23.2 Å². The first kappa shape index (κ1) is 18.2. The molecule has 0 unspecified atom stereocenters. The van der Waals surface area contributed by atoms with Gasteiger partial charge in [-0.25, -0.2) is 9.97 Å². The van der Waals surface area contributed by atoms with Gasteiger partial charge in [0.2, 0.25) is 0 Å². The molecule has 1 aromatic carbocycles. The van der Waals surface area contributed by atoms with Crippen LogP contribution in [0.15, 0.2) is 47.4 Å². The molecular weight excluding hydrogens is 354 g/mol. The first-order valence-electron chi connectivity index (χ1n) is 9.55. The number of carbonyl (C=O) groups is 1. The fourth-order valence-electron chi connectivity index (χ4n) is 3.73. The highest BCUT2D eigenvalue weighted by Gasteiger charge is 2.27. The summed E-state index contributed by atoms with van der Waals surface area (Å²) in [6, 6.07) is 11.8. The van der Waals surface area contributed by atoms with Crippen molar-refractivity contribution in [1.82, 2.24) is 19.4 Å². The highest BCUT2D eigenvalue weighted by molar-refractivity contribution is 5.93. The van der Waals surface area contributed by atoms with Gasteiger partial charge in [0.15, 0.2) is 11.3 Å². The Morgan fingerprint density at radius 3 is 2.54 bits per heavy atom. The summed E-state index contributed by atoms with van der Waals surface area (Å²) in [7, 11) is 0. The number of rotatable bonds is 3. The van der Waals surface area contributed by atoms with Gasteiger partial charge in [0.25, 0.3) is 11.5 Å². The Bertz CT molecular complexity index is 1080. The number of piperazine rings is 1. The number of pyridine rings is 1. The molecule has 0 bridgehead atoms. The van der Waals surface area contributed by atoms with Crippen molar-refractivity contribution in [3.8, 4) is 0 Å². The SMILES string of the molecule is CCn1c(=O)c(C(=O)N2CCN(c3ccccc3C)CC2)nc2cccnc21. The van der Waals surface area contributed by atoms with Crippen LogP contribution in [0.1, 0.15) is 23.0 Å². The first-order chi connectivity index (χ1) is 13.6. The van der Waals surface area contributed by atoms with Crippen LogP contribution >= 0.6 is 0 Å². The summed E-state index contributed by atoms with van der Waals surface area (Å²) in [6.07, 6.45) is 1.63. The van der Waals surface area contributed by atoms with Crippen molar-refractivity contribution in [2.45, 2.75) is 20.4 Å². The third kappa shape index (κ3) is 3.13. The van der Waals surface area contributed by atoms with E-state index in [0.717, 1.165) is 13.1 Å². The summed E-state index contributed by atoms with van der Waals surface area (Å²) in [4.78, 5) is 38.5. The maximum absolute atomic E-state index is 13.1. The molecule has 0 saturated carbocycles. The van der Waals surface area contributed by atoms with E-state index in [0.29, 0.717) is 30.8 Å². The zero-order valence-electron chi connectivity index (χ0n) is 16.1. The molecule has 4 rings (SSSR count). The minimum absolute atomic E-state index is 0.0216. The van der Waals surface area contributed by atoms with Crippen molar-refractivity contribution >= 4 is 22.8 Å². The Balaban J connectivity index is 1.59. The van der Waals surface area contributed by atoms with Crippen molar-refractivity contribution in [2.75, 3.05) is 31.1 Å². The molecule has 28 heavy (non-hydrogen) atoms. The minimum Gasteiger partial charge on any atom is -0.368 e. The maximum Gasteiger partial charge on any atom is 0.283 e. The van der Waals surface area contributed by atoms with E-state index in [9.17, 15) is 9.59 Å². The third-order valence-corrected chi connectivity index (χ3v) is 5.24. The highest BCUT2D eigenvalue weighted by atomic mass is 16.2. The third-order valence-electron chi connectivity index (χ3n) is 5.24. The van der Waals surface area contributed by atoms with Gasteiger partial charge in [0.1, 0.15) is 5.52 Å². The van der Waals surface area contributed by atoms with Gasteiger partial charge in [-0.05, 0) is 37.6 Å². The second kappa shape index (κ2) is 7.42. The van der Waals surface area contributed by atoms with Crippen LogP contribution in [0.4, 0.5) is 5.69 Å². The normalized spacial score (nSPS) is 14.5. The molecule has 2 aromatic heterocycles. The van der Waals surface area contributed by atoms with Crippen LogP contribution in [0.2, 0.25) is 0 Å². The molecular formula is C21H23N5O2. The molecule has 7 heteroatoms. The number of para-hydroxylation sites is 1. The molecule has 0 aliphatic carbocycles. The minimum atomic E-state index is -0.375. The predicted octanol–water partition coefficient (Wildman–Crippen LogP) is 2.08. The number of hydrogen-bond donors (Lipinski definition) is 0. The van der Waals surface area contributed by atoms with Crippen LogP contribution in [0.3, 0.4) is 0 Å². The fraction of sp³-hybridized carbons (Fsp3) is 0.333. The zero-order valence-corrected chi connectivity index (χ0v) is 16.1. The summed E-state index contributed by atoms with van der Waals surface area (Å²) >= 11 is 0. The number of nitrogens with zero attached hydrogens (tertiary/aromatic N) is 5. The summed E-state index contributed by atoms with van der Waals surface area (Å²) in [5.41, 5.74) is 3.09. The second-order valence-corrected chi connectivity index (χ2v) is 6.92. The van der Waals surface area contributed by atoms with Gasteiger partial charge in [0, 0.05) is 44.6 Å². The maximum atomic E-state index is 13.1. The standard InChI is InChI=1S/C21H23N5O2/c1-3-26-19-16(8-6-10-22-19)23-18(21(26)28)20(27)25-13-11-24(12-14-25)17-9-5-4-7-15(17)2/h4-10H,3,11-14H2,1-2H3. The van der Waals surface area contributed by atoms with E-state index >= 15 is 0 Å². The van der Waals surface area contributed by atoms with Crippen LogP contribution in [0.25, 0.3) is 11.2 Å². The van der Waals surface area contributed by atoms with Crippen LogP contribution < -0.4 is 10.5 Å². The molecule has 1 saturated heterocycles. The van der Waals surface area contributed by atoms with E-state index in [1.807, 2.05) is 19.1 Å². The second-order valence-electron chi connectivity index (χ2n) is 6.92. The lowest BCUT2D eigenvalue weighted by molar-refractivity contribution is 0.0738. The number of amides is 1. The Morgan fingerprint density at radius 1 is 1.07 bits per heavy atom. The number of hydrogen-bond acceptors (Lipinski definition) is 5. The molecule has 1 aliphatic heterocycles. The Hall–Kier alpha value is -3.22. The van der Waals surface area contributed by atoms with Gasteiger partial charge < -0.3 is 9.80 Å². The van der Waals surface area contributed by atoms with E-state index in [4.69, 9.17) is 0 Å². The number of anilines is 1. The van der Waals surface area contributed by atoms with Crippen LogP contribution in [0, 0.1) is 6.92 Å². The molecule has 144 valence electrons. The van der Waals surface area contributed by atoms with Gasteiger partial charge in [-0.2, -0.15) is 0 Å². The lowest BCUT2D eigenvalue weighted by Gasteiger charge is -2.36. The van der Waals surface area contributed by atoms with Crippen LogP contribution in [0.5, 0.6) is 0 Å². The fourth-order valence-corrected chi connectivity index (χ4v) is 3.73. The van der Waals surface area contributed by atoms with Gasteiger partial charge >= 0.3 is 0 Å². The van der Waals surface area contributed by atoms with E-state index < -0.39 is 0 Å². The smallest absolute Gasteiger partial charge is 0.283 e.